The van der Waals surface area contributed by atoms with Gasteiger partial charge in [-0.05, 0) is 24.3 Å². The minimum absolute atomic E-state index is 0. The Balaban J connectivity index is 0.000000362. The first-order valence-corrected chi connectivity index (χ1v) is 15.4. The SMILES string of the molecule is C[NH2+]c1c2nc(cc3ccc([n-]3)c([NH2+]C)c3nc(cc4ccc1[n-]4)C=C3)C=C2.F[P-](F)(F)(F)(F)F.F[P-](F)(F)(F)(F)F.[Fe+2]. The van der Waals surface area contributed by atoms with Crippen molar-refractivity contribution < 1.29 is 78.1 Å². The van der Waals surface area contributed by atoms with E-state index in [-0.39, 0.29) is 17.1 Å². The predicted molar refractivity (Wildman–Crippen MR) is 139 cm³/mol. The summed E-state index contributed by atoms with van der Waals surface area (Å²) < 4.78 is 118. The zero-order valence-corrected chi connectivity index (χ0v) is 24.4. The molecule has 6 nitrogen and oxygen atoms in total. The summed E-state index contributed by atoms with van der Waals surface area (Å²) in [6.45, 7) is 0. The van der Waals surface area contributed by atoms with Crippen molar-refractivity contribution in [2.75, 3.05) is 14.1 Å². The van der Waals surface area contributed by atoms with Gasteiger partial charge in [0.15, 0.2) is 0 Å². The van der Waals surface area contributed by atoms with Gasteiger partial charge in [0, 0.05) is 0 Å². The second-order valence-electron chi connectivity index (χ2n) is 8.63. The molecule has 0 fully saturated rings. The van der Waals surface area contributed by atoms with Crippen molar-refractivity contribution in [3.63, 3.8) is 0 Å². The van der Waals surface area contributed by atoms with Crippen molar-refractivity contribution in [2.24, 2.45) is 0 Å². The van der Waals surface area contributed by atoms with Crippen LogP contribution in [0.25, 0.3) is 46.4 Å². The van der Waals surface area contributed by atoms with Gasteiger partial charge >= 0.3 is 83.0 Å². The summed E-state index contributed by atoms with van der Waals surface area (Å²) in [6.07, 6.45) is 8.09. The van der Waals surface area contributed by atoms with E-state index in [9.17, 15) is 50.4 Å². The molecular formula is C22H20F12FeN6P2. The molecule has 43 heavy (non-hydrogen) atoms. The second kappa shape index (κ2) is 10.6. The van der Waals surface area contributed by atoms with E-state index in [4.69, 9.17) is 19.9 Å². The number of nitrogens with two attached hydrogens (primary N) is 2. The predicted octanol–water partition coefficient (Wildman–Crippen LogP) is 8.33. The van der Waals surface area contributed by atoms with E-state index in [1.54, 1.807) is 0 Å². The van der Waals surface area contributed by atoms with E-state index in [2.05, 4.69) is 10.6 Å². The van der Waals surface area contributed by atoms with Crippen LogP contribution in [0.5, 0.6) is 0 Å². The molecule has 2 aliphatic rings. The number of hydrogen-bond donors (Lipinski definition) is 2. The Hall–Kier alpha value is -2.94. The third kappa shape index (κ3) is 14.4. The average molecular weight is 714 g/mol. The maximum atomic E-state index is 9.87. The molecule has 8 bridgehead atoms. The Kier molecular flexibility index (Phi) is 8.94. The van der Waals surface area contributed by atoms with Crippen molar-refractivity contribution in [1.29, 1.82) is 0 Å². The molecule has 5 rings (SSSR count). The fraction of sp³-hybridized carbons (Fsp3) is 0.0909. The number of nitrogens with zero attached hydrogens (tertiary/aromatic N) is 4. The quantitative estimate of drug-likeness (QED) is 0.109. The molecule has 2 aliphatic heterocycles. The van der Waals surface area contributed by atoms with Gasteiger partial charge in [-0.15, -0.1) is 11.0 Å². The number of quaternary nitrogens is 2. The summed E-state index contributed by atoms with van der Waals surface area (Å²) in [5.74, 6) is 0. The maximum Gasteiger partial charge on any atom is 2.00 e. The van der Waals surface area contributed by atoms with Crippen LogP contribution in [0.1, 0.15) is 22.8 Å². The maximum absolute atomic E-state index is 10.7. The van der Waals surface area contributed by atoms with Gasteiger partial charge in [0.25, 0.3) is 0 Å². The van der Waals surface area contributed by atoms with Gasteiger partial charge in [-0.3, -0.25) is 0 Å². The molecular weight excluding hydrogens is 694 g/mol. The Morgan fingerprint density at radius 3 is 1.12 bits per heavy atom. The summed E-state index contributed by atoms with van der Waals surface area (Å²) in [4.78, 5) is 19.1. The van der Waals surface area contributed by atoms with Crippen molar-refractivity contribution in [2.45, 2.75) is 0 Å². The molecule has 240 valence electrons. The number of rotatable bonds is 2. The number of fused-ring (bicyclic) bond motifs is 8. The second-order valence-corrected chi connectivity index (χ2v) is 12.5. The van der Waals surface area contributed by atoms with Crippen LogP contribution in [-0.2, 0) is 17.1 Å². The minimum Gasteiger partial charge on any atom is 2.00 e. The van der Waals surface area contributed by atoms with Crippen molar-refractivity contribution in [3.05, 3.63) is 59.2 Å². The van der Waals surface area contributed by atoms with E-state index < -0.39 is 15.6 Å². The van der Waals surface area contributed by atoms with Crippen LogP contribution in [0, 0.1) is 0 Å². The third-order valence-electron chi connectivity index (χ3n) is 4.92. The normalized spacial score (nSPS) is 15.8. The number of aromatic nitrogens is 4. The van der Waals surface area contributed by atoms with Gasteiger partial charge in [-0.25, -0.2) is 9.97 Å². The van der Waals surface area contributed by atoms with E-state index in [1.807, 2.05) is 74.8 Å². The average Bonchev–Trinajstić information content (AvgIpc) is 3.55. The fourth-order valence-corrected chi connectivity index (χ4v) is 3.59. The molecule has 0 spiro atoms. The van der Waals surface area contributed by atoms with Gasteiger partial charge in [0.05, 0.1) is 25.5 Å². The molecule has 4 N–H and O–H groups in total. The molecule has 5 heterocycles. The van der Waals surface area contributed by atoms with Gasteiger partial charge in [-0.2, -0.15) is 0 Å². The summed E-state index contributed by atoms with van der Waals surface area (Å²) in [5, 5.41) is 4.11. The summed E-state index contributed by atoms with van der Waals surface area (Å²) in [5.41, 5.74) is 9.27. The van der Waals surface area contributed by atoms with Gasteiger partial charge in [-0.1, -0.05) is 47.4 Å². The van der Waals surface area contributed by atoms with Gasteiger partial charge < -0.3 is 20.6 Å². The van der Waals surface area contributed by atoms with Crippen LogP contribution in [-0.4, -0.2) is 24.1 Å². The van der Waals surface area contributed by atoms with Crippen LogP contribution in [0.3, 0.4) is 0 Å². The van der Waals surface area contributed by atoms with E-state index in [0.717, 1.165) is 56.2 Å². The first kappa shape index (κ1) is 36.3. The molecule has 0 atom stereocenters. The first-order valence-electron chi connectivity index (χ1n) is 11.3. The molecule has 3 aromatic rings. The van der Waals surface area contributed by atoms with Crippen LogP contribution < -0.4 is 20.6 Å². The van der Waals surface area contributed by atoms with Crippen molar-refractivity contribution in [1.82, 2.24) is 19.9 Å². The molecule has 3 aromatic heterocycles. The minimum atomic E-state index is -10.7. The molecule has 0 amide bonds. The molecule has 0 aromatic carbocycles. The van der Waals surface area contributed by atoms with E-state index in [1.165, 1.54) is 0 Å². The van der Waals surface area contributed by atoms with Crippen molar-refractivity contribution >= 4 is 73.4 Å². The molecule has 0 saturated carbocycles. The third-order valence-corrected chi connectivity index (χ3v) is 4.92. The Morgan fingerprint density at radius 1 is 0.535 bits per heavy atom. The van der Waals surface area contributed by atoms with E-state index >= 15 is 0 Å². The standard InChI is InChI=1S/C22H18N6.2F6P.Fe/c1-23-21-17-7-3-13(25-17)11-15-5-9-19(27-15)22(24-2)20-10-6-16(28-20)12-14-4-8-18(21)26-14;2*1-7(2,3,4,5)6;/h3-12,23-24H,1-2H3;;;/q-2;2*-1;+2/p+2. The van der Waals surface area contributed by atoms with Gasteiger partial charge in [0.2, 0.25) is 0 Å². The number of halogens is 12. The number of hydrogen-bond acceptors (Lipinski definition) is 2. The Morgan fingerprint density at radius 2 is 0.837 bits per heavy atom. The monoisotopic (exact) mass is 714 g/mol. The van der Waals surface area contributed by atoms with Crippen molar-refractivity contribution in [3.8, 4) is 0 Å². The molecule has 0 unspecified atom stereocenters. The van der Waals surface area contributed by atoms with E-state index in [0.29, 0.717) is 0 Å². The Bertz CT molecular complexity index is 1590. The molecule has 0 aliphatic carbocycles. The van der Waals surface area contributed by atoms with Crippen LogP contribution in [0.2, 0.25) is 0 Å². The molecule has 21 heteroatoms. The molecule has 0 radical (unpaired) electrons. The molecule has 0 saturated heterocycles. The zero-order chi connectivity index (χ0) is 31.9. The Labute approximate surface area is 244 Å². The van der Waals surface area contributed by atoms with Crippen LogP contribution in [0.15, 0.2) is 36.4 Å². The van der Waals surface area contributed by atoms with Gasteiger partial charge in [0.1, 0.15) is 22.8 Å². The van der Waals surface area contributed by atoms with Crippen LogP contribution >= 0.6 is 15.6 Å². The smallest absolute Gasteiger partial charge is 2.00 e. The first-order chi connectivity index (χ1) is 18.6. The zero-order valence-electron chi connectivity index (χ0n) is 21.5. The largest absolute Gasteiger partial charge is 2.00 e. The summed E-state index contributed by atoms with van der Waals surface area (Å²) in [6, 6.07) is 12.1. The summed E-state index contributed by atoms with van der Waals surface area (Å²) >= 11 is 0. The topological polar surface area (TPSA) is 87.2 Å². The summed E-state index contributed by atoms with van der Waals surface area (Å²) in [7, 11) is -17.3. The fourth-order valence-electron chi connectivity index (χ4n) is 3.59. The van der Waals surface area contributed by atoms with Crippen LogP contribution in [0.4, 0.5) is 61.7 Å².